The summed E-state index contributed by atoms with van der Waals surface area (Å²) in [6, 6.07) is 0. The van der Waals surface area contributed by atoms with Crippen LogP contribution in [-0.4, -0.2) is 37.4 Å². The Morgan fingerprint density at radius 2 is 1.48 bits per heavy atom. The molecular weight excluding hydrogens is 415 g/mol. The standard InChI is InChI=1S/C10H11O2.3C4H9.Sn/c1-2-8-4-5-10(9(8)3-1)11-6-7-12-10;3*1-3-4-2;/h3H,2,4-7H2;3*1,3-4H2,2H3;. The third-order valence-corrected chi connectivity index (χ3v) is 22.8. The summed E-state index contributed by atoms with van der Waals surface area (Å²) in [5.41, 5.74) is 3.13. The third-order valence-electron chi connectivity index (χ3n) is 6.73. The SMILES string of the molecule is CCC[CH2][Sn]([CH2]CCC)([CH2]CCC)[C]1=CC2=C(CCC23OCCO3)C1. The van der Waals surface area contributed by atoms with Gasteiger partial charge < -0.3 is 0 Å². The van der Waals surface area contributed by atoms with Gasteiger partial charge in [-0.2, -0.15) is 0 Å². The molecule has 0 saturated carbocycles. The van der Waals surface area contributed by atoms with E-state index in [-0.39, 0.29) is 5.79 Å². The van der Waals surface area contributed by atoms with Crippen molar-refractivity contribution in [3.63, 3.8) is 0 Å². The van der Waals surface area contributed by atoms with E-state index in [4.69, 9.17) is 9.47 Å². The molecule has 2 aliphatic carbocycles. The summed E-state index contributed by atoms with van der Waals surface area (Å²) in [4.78, 5) is 0. The Balaban J connectivity index is 1.85. The molecule has 1 heterocycles. The van der Waals surface area contributed by atoms with Crippen LogP contribution in [0.4, 0.5) is 0 Å². The minimum atomic E-state index is -2.26. The van der Waals surface area contributed by atoms with E-state index in [9.17, 15) is 0 Å². The number of unbranched alkanes of at least 4 members (excludes halogenated alkanes) is 3. The van der Waals surface area contributed by atoms with E-state index in [1.165, 1.54) is 56.9 Å². The zero-order valence-electron chi connectivity index (χ0n) is 16.8. The van der Waals surface area contributed by atoms with Crippen LogP contribution >= 0.6 is 0 Å². The molecule has 2 nitrogen and oxygen atoms in total. The van der Waals surface area contributed by atoms with Crippen molar-refractivity contribution in [3.05, 3.63) is 20.8 Å². The normalized spacial score (nSPS) is 22.1. The second-order valence-electron chi connectivity index (χ2n) is 8.40. The van der Waals surface area contributed by atoms with Gasteiger partial charge in [-0.05, 0) is 0 Å². The molecule has 0 aromatic carbocycles. The van der Waals surface area contributed by atoms with Gasteiger partial charge >= 0.3 is 160 Å². The van der Waals surface area contributed by atoms with E-state index in [0.29, 0.717) is 0 Å². The minimum absolute atomic E-state index is 0.338. The first-order chi connectivity index (χ1) is 12.2. The molecule has 0 radical (unpaired) electrons. The van der Waals surface area contributed by atoms with Crippen LogP contribution in [0.5, 0.6) is 0 Å². The molecule has 3 heteroatoms. The molecular formula is C22H38O2Sn. The van der Waals surface area contributed by atoms with E-state index < -0.39 is 18.4 Å². The predicted octanol–water partition coefficient (Wildman–Crippen LogP) is 6.54. The molecule has 0 aromatic heterocycles. The average Bonchev–Trinajstić information content (AvgIpc) is 3.34. The van der Waals surface area contributed by atoms with Crippen molar-refractivity contribution in [3.8, 4) is 0 Å². The van der Waals surface area contributed by atoms with Crippen LogP contribution in [-0.2, 0) is 9.47 Å². The van der Waals surface area contributed by atoms with Crippen LogP contribution in [0.1, 0.15) is 78.6 Å². The Labute approximate surface area is 159 Å². The first kappa shape index (κ1) is 19.9. The summed E-state index contributed by atoms with van der Waals surface area (Å²) >= 11 is -2.26. The fourth-order valence-corrected chi connectivity index (χ4v) is 21.9. The van der Waals surface area contributed by atoms with Crippen LogP contribution in [0.25, 0.3) is 0 Å². The van der Waals surface area contributed by atoms with Gasteiger partial charge in [-0.1, -0.05) is 0 Å². The monoisotopic (exact) mass is 454 g/mol. The molecule has 1 fully saturated rings. The van der Waals surface area contributed by atoms with Crippen molar-refractivity contribution in [2.75, 3.05) is 13.2 Å². The van der Waals surface area contributed by atoms with E-state index in [2.05, 4.69) is 26.8 Å². The molecule has 1 saturated heterocycles. The molecule has 0 amide bonds. The number of hydrogen-bond acceptors (Lipinski definition) is 2. The molecule has 0 bridgehead atoms. The van der Waals surface area contributed by atoms with Crippen molar-refractivity contribution in [2.45, 2.75) is 97.7 Å². The number of fused-ring (bicyclic) bond motifs is 1. The molecule has 1 spiro atoms. The molecule has 1 aliphatic heterocycles. The van der Waals surface area contributed by atoms with Gasteiger partial charge in [0, 0.05) is 0 Å². The summed E-state index contributed by atoms with van der Waals surface area (Å²) in [5.74, 6) is -0.338. The van der Waals surface area contributed by atoms with Gasteiger partial charge in [0.2, 0.25) is 0 Å². The average molecular weight is 453 g/mol. The molecule has 3 aliphatic rings. The van der Waals surface area contributed by atoms with Crippen LogP contribution < -0.4 is 0 Å². The molecule has 0 aromatic rings. The molecule has 142 valence electrons. The van der Waals surface area contributed by atoms with Gasteiger partial charge in [0.15, 0.2) is 0 Å². The Morgan fingerprint density at radius 3 is 2.00 bits per heavy atom. The van der Waals surface area contributed by atoms with Crippen LogP contribution in [0.3, 0.4) is 0 Å². The molecule has 0 unspecified atom stereocenters. The first-order valence-corrected chi connectivity index (χ1v) is 18.4. The van der Waals surface area contributed by atoms with Gasteiger partial charge in [-0.25, -0.2) is 0 Å². The Bertz CT molecular complexity index is 492. The topological polar surface area (TPSA) is 18.5 Å². The molecule has 0 atom stereocenters. The van der Waals surface area contributed by atoms with Gasteiger partial charge in [0.05, 0.1) is 0 Å². The fourth-order valence-electron chi connectivity index (χ4n) is 5.20. The quantitative estimate of drug-likeness (QED) is 0.350. The number of ether oxygens (including phenoxy) is 2. The molecule has 3 rings (SSSR count). The van der Waals surface area contributed by atoms with E-state index in [1.807, 2.05) is 3.59 Å². The second-order valence-corrected chi connectivity index (χ2v) is 21.8. The van der Waals surface area contributed by atoms with Crippen molar-refractivity contribution in [1.82, 2.24) is 0 Å². The Kier molecular flexibility index (Phi) is 7.12. The van der Waals surface area contributed by atoms with E-state index in [1.54, 1.807) is 18.9 Å². The van der Waals surface area contributed by atoms with Crippen molar-refractivity contribution >= 4 is 18.4 Å². The zero-order valence-corrected chi connectivity index (χ0v) is 19.6. The predicted molar refractivity (Wildman–Crippen MR) is 108 cm³/mol. The van der Waals surface area contributed by atoms with Crippen molar-refractivity contribution in [2.24, 2.45) is 0 Å². The molecule has 25 heavy (non-hydrogen) atoms. The Hall–Kier alpha value is 0.199. The first-order valence-electron chi connectivity index (χ1n) is 10.9. The zero-order chi connectivity index (χ0) is 17.8. The summed E-state index contributed by atoms with van der Waals surface area (Å²) in [7, 11) is 0. The van der Waals surface area contributed by atoms with Gasteiger partial charge in [-0.3, -0.25) is 0 Å². The maximum absolute atomic E-state index is 6.12. The van der Waals surface area contributed by atoms with Crippen LogP contribution in [0.2, 0.25) is 13.3 Å². The summed E-state index contributed by atoms with van der Waals surface area (Å²) < 4.78 is 18.9. The Morgan fingerprint density at radius 1 is 0.920 bits per heavy atom. The van der Waals surface area contributed by atoms with Gasteiger partial charge in [-0.15, -0.1) is 0 Å². The third kappa shape index (κ3) is 4.06. The number of rotatable bonds is 10. The number of hydrogen-bond donors (Lipinski definition) is 0. The molecule has 0 N–H and O–H groups in total. The van der Waals surface area contributed by atoms with Crippen LogP contribution in [0.15, 0.2) is 20.8 Å². The van der Waals surface area contributed by atoms with Gasteiger partial charge in [0.1, 0.15) is 0 Å². The fraction of sp³-hybridized carbons (Fsp3) is 0.818. The van der Waals surface area contributed by atoms with E-state index in [0.717, 1.165) is 19.6 Å². The van der Waals surface area contributed by atoms with E-state index >= 15 is 0 Å². The second kappa shape index (κ2) is 8.93. The summed E-state index contributed by atoms with van der Waals surface area (Å²) in [6.07, 6.45) is 14.6. The van der Waals surface area contributed by atoms with Crippen molar-refractivity contribution in [1.29, 1.82) is 0 Å². The van der Waals surface area contributed by atoms with Gasteiger partial charge in [0.25, 0.3) is 0 Å². The maximum atomic E-state index is 6.12. The van der Waals surface area contributed by atoms with Crippen molar-refractivity contribution < 1.29 is 9.47 Å². The summed E-state index contributed by atoms with van der Waals surface area (Å²) in [6.45, 7) is 8.65. The number of allylic oxidation sites excluding steroid dienone is 2. The van der Waals surface area contributed by atoms with Crippen LogP contribution in [0, 0.1) is 0 Å². The summed E-state index contributed by atoms with van der Waals surface area (Å²) in [5, 5.41) is 0.